The fraction of sp³-hybridized carbons (Fsp3) is 0.353. The van der Waals surface area contributed by atoms with Gasteiger partial charge in [0.1, 0.15) is 5.75 Å². The Morgan fingerprint density at radius 1 is 1.32 bits per heavy atom. The molecule has 0 aliphatic carbocycles. The van der Waals surface area contributed by atoms with E-state index in [1.54, 1.807) is 0 Å². The van der Waals surface area contributed by atoms with Gasteiger partial charge in [0.2, 0.25) is 5.91 Å². The molecule has 2 aromatic rings. The van der Waals surface area contributed by atoms with Crippen LogP contribution < -0.4 is 10.1 Å². The molecule has 134 valence electrons. The second-order valence-electron chi connectivity index (χ2n) is 5.78. The standard InChI is InChI=1S/C17H21N3O4S/c1-4-24-13-5-7-14(8-6-13)25-11-15(21)19-12-9-18-20(10-12)17(2,3)16(22)23/h5-10H,4,11H2,1-3H3,(H,19,21)(H,22,23). The first-order valence-electron chi connectivity index (χ1n) is 7.77. The highest BCUT2D eigenvalue weighted by Crippen LogP contribution is 2.22. The van der Waals surface area contributed by atoms with Gasteiger partial charge in [0.25, 0.3) is 0 Å². The molecule has 2 rings (SSSR count). The number of aliphatic carboxylic acids is 1. The molecule has 0 atom stereocenters. The lowest BCUT2D eigenvalue weighted by molar-refractivity contribution is -0.146. The molecule has 8 heteroatoms. The van der Waals surface area contributed by atoms with Gasteiger partial charge in [-0.15, -0.1) is 11.8 Å². The molecule has 0 saturated heterocycles. The number of anilines is 1. The lowest BCUT2D eigenvalue weighted by atomic mass is 10.1. The van der Waals surface area contributed by atoms with Gasteiger partial charge in [-0.3, -0.25) is 9.48 Å². The number of hydrogen-bond donors (Lipinski definition) is 2. The number of amides is 1. The largest absolute Gasteiger partial charge is 0.494 e. The fourth-order valence-corrected chi connectivity index (χ4v) is 2.63. The predicted octanol–water partition coefficient (Wildman–Crippen LogP) is 2.83. The van der Waals surface area contributed by atoms with E-state index < -0.39 is 11.5 Å². The van der Waals surface area contributed by atoms with Crippen LogP contribution in [0.15, 0.2) is 41.6 Å². The minimum Gasteiger partial charge on any atom is -0.494 e. The SMILES string of the molecule is CCOc1ccc(SCC(=O)Nc2cnn(C(C)(C)C(=O)O)c2)cc1. The molecule has 25 heavy (non-hydrogen) atoms. The molecule has 0 bridgehead atoms. The Hall–Kier alpha value is -2.48. The molecule has 0 aliphatic heterocycles. The number of nitrogens with zero attached hydrogens (tertiary/aromatic N) is 2. The van der Waals surface area contributed by atoms with E-state index in [0.717, 1.165) is 10.6 Å². The number of carbonyl (C=O) groups excluding carboxylic acids is 1. The Labute approximate surface area is 150 Å². The molecule has 0 aliphatic rings. The number of benzene rings is 1. The van der Waals surface area contributed by atoms with Crippen LogP contribution in [0.1, 0.15) is 20.8 Å². The molecule has 1 heterocycles. The first kappa shape index (κ1) is 18.9. The van der Waals surface area contributed by atoms with E-state index in [9.17, 15) is 14.7 Å². The summed E-state index contributed by atoms with van der Waals surface area (Å²) < 4.78 is 6.68. The fourth-order valence-electron chi connectivity index (χ4n) is 1.94. The summed E-state index contributed by atoms with van der Waals surface area (Å²) in [6, 6.07) is 7.52. The molecular weight excluding hydrogens is 342 g/mol. The van der Waals surface area contributed by atoms with Crippen molar-refractivity contribution in [2.75, 3.05) is 17.7 Å². The van der Waals surface area contributed by atoms with Crippen molar-refractivity contribution < 1.29 is 19.4 Å². The van der Waals surface area contributed by atoms with Crippen molar-refractivity contribution >= 4 is 29.3 Å². The monoisotopic (exact) mass is 363 g/mol. The lowest BCUT2D eigenvalue weighted by Crippen LogP contribution is -2.35. The first-order valence-corrected chi connectivity index (χ1v) is 8.75. The molecule has 1 aromatic carbocycles. The van der Waals surface area contributed by atoms with Crippen LogP contribution in [-0.2, 0) is 15.1 Å². The molecular formula is C17H21N3O4S. The zero-order valence-corrected chi connectivity index (χ0v) is 15.2. The third-order valence-electron chi connectivity index (χ3n) is 3.47. The number of ether oxygens (including phenoxy) is 1. The molecule has 0 fully saturated rings. The number of carbonyl (C=O) groups is 2. The van der Waals surface area contributed by atoms with Gasteiger partial charge >= 0.3 is 5.97 Å². The third kappa shape index (κ3) is 4.99. The Balaban J connectivity index is 1.88. The van der Waals surface area contributed by atoms with Crippen LogP contribution in [0.2, 0.25) is 0 Å². The summed E-state index contributed by atoms with van der Waals surface area (Å²) in [5.41, 5.74) is -0.716. The van der Waals surface area contributed by atoms with Crippen molar-refractivity contribution in [1.82, 2.24) is 9.78 Å². The van der Waals surface area contributed by atoms with Crippen molar-refractivity contribution in [1.29, 1.82) is 0 Å². The van der Waals surface area contributed by atoms with Gasteiger partial charge in [-0.2, -0.15) is 5.10 Å². The predicted molar refractivity (Wildman–Crippen MR) is 96.1 cm³/mol. The lowest BCUT2D eigenvalue weighted by Gasteiger charge is -2.19. The number of hydrogen-bond acceptors (Lipinski definition) is 5. The van der Waals surface area contributed by atoms with Crippen LogP contribution in [0.3, 0.4) is 0 Å². The van der Waals surface area contributed by atoms with Gasteiger partial charge in [-0.05, 0) is 45.0 Å². The van der Waals surface area contributed by atoms with Crippen LogP contribution >= 0.6 is 11.8 Å². The van der Waals surface area contributed by atoms with Crippen molar-refractivity contribution in [3.63, 3.8) is 0 Å². The van der Waals surface area contributed by atoms with Crippen LogP contribution in [-0.4, -0.2) is 39.1 Å². The number of carboxylic acid groups (broad SMARTS) is 1. The zero-order valence-electron chi connectivity index (χ0n) is 14.4. The van der Waals surface area contributed by atoms with Gasteiger partial charge < -0.3 is 15.2 Å². The molecule has 0 spiro atoms. The van der Waals surface area contributed by atoms with Crippen LogP contribution in [0.25, 0.3) is 0 Å². The second kappa shape index (κ2) is 8.06. The molecule has 1 aromatic heterocycles. The van der Waals surface area contributed by atoms with E-state index in [0.29, 0.717) is 12.3 Å². The highest BCUT2D eigenvalue weighted by Gasteiger charge is 2.30. The number of carboxylic acids is 1. The average Bonchev–Trinajstić information content (AvgIpc) is 3.03. The van der Waals surface area contributed by atoms with Crippen LogP contribution in [0, 0.1) is 0 Å². The Kier molecular flexibility index (Phi) is 6.08. The van der Waals surface area contributed by atoms with Crippen molar-refractivity contribution in [3.8, 4) is 5.75 Å². The highest BCUT2D eigenvalue weighted by molar-refractivity contribution is 8.00. The summed E-state index contributed by atoms with van der Waals surface area (Å²) in [6.45, 7) is 5.61. The van der Waals surface area contributed by atoms with E-state index in [2.05, 4.69) is 10.4 Å². The Bertz CT molecular complexity index is 741. The van der Waals surface area contributed by atoms with Gasteiger partial charge in [-0.25, -0.2) is 4.79 Å². The quantitative estimate of drug-likeness (QED) is 0.701. The first-order chi connectivity index (χ1) is 11.8. The highest BCUT2D eigenvalue weighted by atomic mass is 32.2. The number of aromatic nitrogens is 2. The number of nitrogens with one attached hydrogen (secondary N) is 1. The Morgan fingerprint density at radius 3 is 2.60 bits per heavy atom. The van der Waals surface area contributed by atoms with Gasteiger partial charge in [0, 0.05) is 11.1 Å². The summed E-state index contributed by atoms with van der Waals surface area (Å²) in [4.78, 5) is 24.2. The molecule has 0 saturated carbocycles. The van der Waals surface area contributed by atoms with Crippen molar-refractivity contribution in [3.05, 3.63) is 36.7 Å². The summed E-state index contributed by atoms with van der Waals surface area (Å²) in [5, 5.41) is 15.9. The molecule has 0 radical (unpaired) electrons. The van der Waals surface area contributed by atoms with E-state index in [1.807, 2.05) is 31.2 Å². The third-order valence-corrected chi connectivity index (χ3v) is 4.48. The van der Waals surface area contributed by atoms with E-state index in [1.165, 1.54) is 42.7 Å². The molecule has 7 nitrogen and oxygen atoms in total. The maximum absolute atomic E-state index is 12.0. The van der Waals surface area contributed by atoms with Crippen molar-refractivity contribution in [2.45, 2.75) is 31.2 Å². The maximum Gasteiger partial charge on any atom is 0.331 e. The topological polar surface area (TPSA) is 93.5 Å². The molecule has 0 unspecified atom stereocenters. The Morgan fingerprint density at radius 2 is 2.00 bits per heavy atom. The van der Waals surface area contributed by atoms with E-state index in [4.69, 9.17) is 4.74 Å². The van der Waals surface area contributed by atoms with Gasteiger partial charge in [-0.1, -0.05) is 0 Å². The molecule has 1 amide bonds. The minimum atomic E-state index is -1.18. The van der Waals surface area contributed by atoms with E-state index >= 15 is 0 Å². The summed E-state index contributed by atoms with van der Waals surface area (Å²) in [7, 11) is 0. The van der Waals surface area contributed by atoms with Crippen LogP contribution in [0.4, 0.5) is 5.69 Å². The van der Waals surface area contributed by atoms with E-state index in [-0.39, 0.29) is 11.7 Å². The summed E-state index contributed by atoms with van der Waals surface area (Å²) >= 11 is 1.40. The van der Waals surface area contributed by atoms with Crippen molar-refractivity contribution in [2.24, 2.45) is 0 Å². The number of thioether (sulfide) groups is 1. The maximum atomic E-state index is 12.0. The summed E-state index contributed by atoms with van der Waals surface area (Å²) in [5.74, 6) is -0.155. The molecule has 2 N–H and O–H groups in total. The normalized spacial score (nSPS) is 11.2. The minimum absolute atomic E-state index is 0.188. The number of rotatable bonds is 8. The van der Waals surface area contributed by atoms with Gasteiger partial charge in [0.15, 0.2) is 5.54 Å². The smallest absolute Gasteiger partial charge is 0.331 e. The zero-order chi connectivity index (χ0) is 18.4. The van der Waals surface area contributed by atoms with Crippen LogP contribution in [0.5, 0.6) is 5.75 Å². The second-order valence-corrected chi connectivity index (χ2v) is 6.83. The van der Waals surface area contributed by atoms with Gasteiger partial charge in [0.05, 0.1) is 24.2 Å². The average molecular weight is 363 g/mol. The summed E-state index contributed by atoms with van der Waals surface area (Å²) in [6.07, 6.45) is 2.94.